The van der Waals surface area contributed by atoms with E-state index in [2.05, 4.69) is 19.6 Å². The van der Waals surface area contributed by atoms with Gasteiger partial charge in [-0.05, 0) is 42.0 Å². The van der Waals surface area contributed by atoms with E-state index < -0.39 is 10.0 Å². The molecule has 0 amide bonds. The van der Waals surface area contributed by atoms with E-state index in [-0.39, 0.29) is 23.1 Å². The number of aryl methyl sites for hydroxylation is 1. The van der Waals surface area contributed by atoms with Crippen LogP contribution in [0.25, 0.3) is 0 Å². The smallest absolute Gasteiger partial charge is 0.282 e. The molecule has 0 bridgehead atoms. The predicted molar refractivity (Wildman–Crippen MR) is 113 cm³/mol. The van der Waals surface area contributed by atoms with Gasteiger partial charge >= 0.3 is 0 Å². The second-order valence-corrected chi connectivity index (χ2v) is 8.87. The number of aliphatic imine (C=N–C) groups is 1. The van der Waals surface area contributed by atoms with Crippen LogP contribution in [0.2, 0.25) is 0 Å². The van der Waals surface area contributed by atoms with Crippen molar-refractivity contribution >= 4 is 38.4 Å². The van der Waals surface area contributed by atoms with Gasteiger partial charge < -0.3 is 0 Å². The molecule has 0 radical (unpaired) electrons. The summed E-state index contributed by atoms with van der Waals surface area (Å²) in [6, 6.07) is 13.4. The first-order valence-corrected chi connectivity index (χ1v) is 11.1. The minimum absolute atomic E-state index is 0.105. The number of carbonyl (C=O) groups excluding carboxylic acids is 1. The fraction of sp³-hybridized carbons (Fsp3) is 0.150. The van der Waals surface area contributed by atoms with Crippen molar-refractivity contribution in [2.75, 3.05) is 6.67 Å². The van der Waals surface area contributed by atoms with Crippen molar-refractivity contribution in [1.82, 2.24) is 0 Å². The Morgan fingerprint density at radius 1 is 1.07 bits per heavy atom. The van der Waals surface area contributed by atoms with Crippen LogP contribution < -0.4 is 0 Å². The van der Waals surface area contributed by atoms with Crippen LogP contribution in [-0.4, -0.2) is 31.7 Å². The van der Waals surface area contributed by atoms with Crippen molar-refractivity contribution in [1.29, 1.82) is 0 Å². The summed E-state index contributed by atoms with van der Waals surface area (Å²) in [5, 5.41) is 8.00. The molecule has 0 spiro atoms. The summed E-state index contributed by atoms with van der Waals surface area (Å²) in [5.41, 5.74) is 2.11. The van der Waals surface area contributed by atoms with Gasteiger partial charge in [0.2, 0.25) is 11.0 Å². The Morgan fingerprint density at radius 2 is 1.79 bits per heavy atom. The van der Waals surface area contributed by atoms with Gasteiger partial charge in [0, 0.05) is 11.1 Å². The van der Waals surface area contributed by atoms with Gasteiger partial charge in [-0.25, -0.2) is 4.99 Å². The lowest BCUT2D eigenvalue weighted by molar-refractivity contribution is 0.104. The number of thioether (sulfide) groups is 1. The predicted octanol–water partition coefficient (Wildman–Crippen LogP) is 4.02. The molecule has 7 nitrogen and oxygen atoms in total. The van der Waals surface area contributed by atoms with Gasteiger partial charge in [-0.3, -0.25) is 4.79 Å². The molecular formula is C20H16N4O3S2. The van der Waals surface area contributed by atoms with E-state index in [1.165, 1.54) is 6.08 Å². The molecule has 29 heavy (non-hydrogen) atoms. The van der Waals surface area contributed by atoms with Gasteiger partial charge in [-0.1, -0.05) is 43.3 Å². The number of hydrogen-bond acceptors (Lipinski definition) is 7. The zero-order valence-electron chi connectivity index (χ0n) is 15.4. The normalized spacial score (nSPS) is 17.3. The summed E-state index contributed by atoms with van der Waals surface area (Å²) in [7, 11) is -3.95. The number of azo groups is 1. The van der Waals surface area contributed by atoms with Gasteiger partial charge in [0.05, 0.1) is 15.5 Å². The first-order chi connectivity index (χ1) is 14.0. The number of benzene rings is 2. The van der Waals surface area contributed by atoms with Crippen LogP contribution in [0.5, 0.6) is 0 Å². The van der Waals surface area contributed by atoms with Crippen molar-refractivity contribution in [3.63, 3.8) is 0 Å². The zero-order chi connectivity index (χ0) is 20.4. The number of sulfonamides is 1. The summed E-state index contributed by atoms with van der Waals surface area (Å²) in [6.45, 7) is 2.22. The number of Topliss-reactive ketones (excluding diaryl/α,β-unsaturated/α-hetero) is 1. The van der Waals surface area contributed by atoms with Crippen molar-refractivity contribution < 1.29 is 13.2 Å². The van der Waals surface area contributed by atoms with Gasteiger partial charge in [-0.2, -0.15) is 17.9 Å². The van der Waals surface area contributed by atoms with E-state index in [9.17, 15) is 13.2 Å². The maximum Gasteiger partial charge on any atom is 0.282 e. The molecule has 2 aliphatic rings. The molecule has 1 heterocycles. The van der Waals surface area contributed by atoms with Crippen LogP contribution in [0.4, 0.5) is 0 Å². The molecule has 4 rings (SSSR count). The summed E-state index contributed by atoms with van der Waals surface area (Å²) >= 11 is 1.06. The van der Waals surface area contributed by atoms with Crippen molar-refractivity contribution in [2.45, 2.75) is 18.2 Å². The minimum Gasteiger partial charge on any atom is -0.288 e. The number of amidine groups is 1. The van der Waals surface area contributed by atoms with E-state index >= 15 is 0 Å². The first-order valence-electron chi connectivity index (χ1n) is 8.87. The lowest BCUT2D eigenvalue weighted by atomic mass is 9.94. The molecule has 0 atom stereocenters. The van der Waals surface area contributed by atoms with Gasteiger partial charge in [-0.15, -0.1) is 5.11 Å². The number of carbonyl (C=O) groups is 1. The third kappa shape index (κ3) is 3.96. The van der Waals surface area contributed by atoms with Crippen molar-refractivity contribution in [2.24, 2.45) is 19.6 Å². The Hall–Kier alpha value is -2.91. The largest absolute Gasteiger partial charge is 0.288 e. The molecule has 0 N–H and O–H groups in total. The lowest BCUT2D eigenvalue weighted by Gasteiger charge is -2.16. The molecule has 146 valence electrons. The molecule has 0 saturated heterocycles. The topological polar surface area (TPSA) is 101 Å². The monoisotopic (exact) mass is 424 g/mol. The fourth-order valence-corrected chi connectivity index (χ4v) is 4.69. The molecule has 0 unspecified atom stereocenters. The van der Waals surface area contributed by atoms with Gasteiger partial charge in [0.15, 0.2) is 6.67 Å². The standard InChI is InChI=1S/C20H16N4O3S2/c1-2-13-7-9-14(10-8-13)29(26,27)24-17-11-18(28-20-21-12-22-23-20)19(25)16-6-4-3-5-15(16)17/h3-11H,2,12H2,1H3. The fourth-order valence-electron chi connectivity index (χ4n) is 2.90. The molecule has 2 aromatic carbocycles. The average Bonchev–Trinajstić information content (AvgIpc) is 3.24. The highest BCUT2D eigenvalue weighted by atomic mass is 32.2. The number of fused-ring (bicyclic) bond motifs is 1. The van der Waals surface area contributed by atoms with Crippen LogP contribution in [0.1, 0.15) is 28.4 Å². The van der Waals surface area contributed by atoms with Crippen LogP contribution in [-0.2, 0) is 16.4 Å². The van der Waals surface area contributed by atoms with Crippen LogP contribution >= 0.6 is 11.8 Å². The zero-order valence-corrected chi connectivity index (χ0v) is 17.1. The number of allylic oxidation sites excluding steroid dienone is 2. The molecule has 0 aromatic heterocycles. The second-order valence-electron chi connectivity index (χ2n) is 6.26. The minimum atomic E-state index is -3.95. The lowest BCUT2D eigenvalue weighted by Crippen LogP contribution is -2.18. The van der Waals surface area contributed by atoms with E-state index in [0.717, 1.165) is 23.7 Å². The van der Waals surface area contributed by atoms with Crippen molar-refractivity contribution in [3.8, 4) is 0 Å². The quantitative estimate of drug-likeness (QED) is 0.740. The second kappa shape index (κ2) is 7.84. The summed E-state index contributed by atoms with van der Waals surface area (Å²) in [6.07, 6.45) is 2.29. The molecular weight excluding hydrogens is 408 g/mol. The number of rotatable bonds is 4. The SMILES string of the molecule is CCc1ccc(S(=O)(=O)N=C2C=C(SC3=NCN=N3)C(=O)c3ccccc32)cc1. The molecule has 0 saturated carbocycles. The Kier molecular flexibility index (Phi) is 5.25. The molecule has 1 aliphatic carbocycles. The number of hydrogen-bond donors (Lipinski definition) is 0. The molecule has 9 heteroatoms. The van der Waals surface area contributed by atoms with E-state index in [4.69, 9.17) is 0 Å². The van der Waals surface area contributed by atoms with Gasteiger partial charge in [0.1, 0.15) is 0 Å². The van der Waals surface area contributed by atoms with Crippen LogP contribution in [0, 0.1) is 0 Å². The van der Waals surface area contributed by atoms with E-state index in [1.807, 2.05) is 6.92 Å². The van der Waals surface area contributed by atoms with Crippen LogP contribution in [0.3, 0.4) is 0 Å². The summed E-state index contributed by atoms with van der Waals surface area (Å²) in [4.78, 5) is 17.3. The maximum absolute atomic E-state index is 12.9. The third-order valence-corrected chi connectivity index (χ3v) is 6.64. The summed E-state index contributed by atoms with van der Waals surface area (Å²) < 4.78 is 29.8. The van der Waals surface area contributed by atoms with E-state index in [1.54, 1.807) is 48.5 Å². The number of ketones is 1. The highest BCUT2D eigenvalue weighted by Crippen LogP contribution is 2.31. The van der Waals surface area contributed by atoms with Crippen LogP contribution in [0.15, 0.2) is 84.0 Å². The molecule has 2 aromatic rings. The third-order valence-electron chi connectivity index (χ3n) is 4.41. The maximum atomic E-state index is 12.9. The van der Waals surface area contributed by atoms with Crippen molar-refractivity contribution in [3.05, 3.63) is 76.2 Å². The van der Waals surface area contributed by atoms with Gasteiger partial charge in [0.25, 0.3) is 10.0 Å². The average molecular weight is 425 g/mol. The Labute approximate surface area is 172 Å². The summed E-state index contributed by atoms with van der Waals surface area (Å²) in [5.74, 6) is -0.223. The van der Waals surface area contributed by atoms with E-state index in [0.29, 0.717) is 21.2 Å². The Bertz CT molecular complexity index is 1210. The highest BCUT2D eigenvalue weighted by molar-refractivity contribution is 8.18. The Morgan fingerprint density at radius 3 is 2.45 bits per heavy atom. The highest BCUT2D eigenvalue weighted by Gasteiger charge is 2.27. The molecule has 0 fully saturated rings. The Balaban J connectivity index is 1.79. The first kappa shape index (κ1) is 19.4. The number of nitrogens with zero attached hydrogens (tertiary/aromatic N) is 4. The molecule has 1 aliphatic heterocycles.